The second kappa shape index (κ2) is 59.1. The van der Waals surface area contributed by atoms with Gasteiger partial charge in [0.15, 0.2) is 6.10 Å². The van der Waals surface area contributed by atoms with Gasteiger partial charge < -0.3 is 14.2 Å². The largest absolute Gasteiger partial charge is 0.462 e. The first-order valence-electron chi connectivity index (χ1n) is 28.3. The molecule has 6 heteroatoms. The third-order valence-electron chi connectivity index (χ3n) is 10.9. The Balaban J connectivity index is 4.43. The number of esters is 3. The maximum atomic E-state index is 12.8. The Labute approximate surface area is 446 Å². The number of hydrogen-bond acceptors (Lipinski definition) is 6. The van der Waals surface area contributed by atoms with Crippen molar-refractivity contribution in [3.8, 4) is 0 Å². The van der Waals surface area contributed by atoms with Gasteiger partial charge >= 0.3 is 17.9 Å². The minimum Gasteiger partial charge on any atom is -0.462 e. The molecule has 0 saturated heterocycles. The fraction of sp³-hybridized carbons (Fsp3) is 0.507. The summed E-state index contributed by atoms with van der Waals surface area (Å²) in [5.74, 6) is -1.14. The molecule has 404 valence electrons. The Kier molecular flexibility index (Phi) is 54.6. The van der Waals surface area contributed by atoms with E-state index in [-0.39, 0.29) is 38.0 Å². The van der Waals surface area contributed by atoms with E-state index in [0.717, 1.165) is 128 Å². The molecule has 0 aliphatic rings. The van der Waals surface area contributed by atoms with E-state index in [4.69, 9.17) is 14.2 Å². The van der Waals surface area contributed by atoms with E-state index < -0.39 is 12.1 Å². The van der Waals surface area contributed by atoms with E-state index in [0.29, 0.717) is 19.3 Å². The summed E-state index contributed by atoms with van der Waals surface area (Å²) in [6.45, 7) is 6.12. The Morgan fingerprint density at radius 1 is 0.274 bits per heavy atom. The number of carbonyl (C=O) groups is 3. The van der Waals surface area contributed by atoms with E-state index in [9.17, 15) is 14.4 Å². The van der Waals surface area contributed by atoms with Crippen LogP contribution in [0, 0.1) is 0 Å². The Morgan fingerprint density at radius 2 is 0.521 bits per heavy atom. The predicted molar refractivity (Wildman–Crippen MR) is 315 cm³/mol. The number of hydrogen-bond donors (Lipinski definition) is 0. The van der Waals surface area contributed by atoms with Gasteiger partial charge in [0.25, 0.3) is 0 Å². The van der Waals surface area contributed by atoms with Crippen LogP contribution in [0.2, 0.25) is 0 Å². The van der Waals surface area contributed by atoms with Crippen LogP contribution >= 0.6 is 0 Å². The molecule has 0 N–H and O–H groups in total. The maximum absolute atomic E-state index is 12.8. The van der Waals surface area contributed by atoms with Gasteiger partial charge in [-0.25, -0.2) is 0 Å². The van der Waals surface area contributed by atoms with E-state index in [1.165, 1.54) is 19.3 Å². The molecular weight excluding hydrogens is 901 g/mol. The van der Waals surface area contributed by atoms with Gasteiger partial charge in [0.1, 0.15) is 13.2 Å². The summed E-state index contributed by atoms with van der Waals surface area (Å²) in [7, 11) is 0. The molecule has 0 saturated carbocycles. The normalized spacial score (nSPS) is 13.5. The smallest absolute Gasteiger partial charge is 0.306 e. The third-order valence-corrected chi connectivity index (χ3v) is 10.9. The molecule has 1 unspecified atom stereocenters. The molecule has 0 radical (unpaired) electrons. The molecule has 0 aliphatic carbocycles. The molecule has 1 atom stereocenters. The first-order chi connectivity index (χ1) is 36.0. The van der Waals surface area contributed by atoms with Crippen molar-refractivity contribution in [2.75, 3.05) is 13.2 Å². The Morgan fingerprint density at radius 3 is 0.849 bits per heavy atom. The Bertz CT molecular complexity index is 1770. The van der Waals surface area contributed by atoms with Crippen LogP contribution in [0.5, 0.6) is 0 Å². The summed E-state index contributed by atoms with van der Waals surface area (Å²) in [4.78, 5) is 38.0. The highest BCUT2D eigenvalue weighted by molar-refractivity contribution is 5.71. The highest BCUT2D eigenvalue weighted by Crippen LogP contribution is 2.12. The molecule has 0 aromatic rings. The van der Waals surface area contributed by atoms with Crippen LogP contribution < -0.4 is 0 Å². The molecule has 0 amide bonds. The summed E-state index contributed by atoms with van der Waals surface area (Å²) in [5, 5.41) is 0. The molecule has 0 spiro atoms. The molecule has 0 bridgehead atoms. The van der Waals surface area contributed by atoms with Crippen molar-refractivity contribution in [2.45, 2.75) is 207 Å². The molecule has 0 heterocycles. The van der Waals surface area contributed by atoms with Crippen molar-refractivity contribution in [3.05, 3.63) is 182 Å². The quantitative estimate of drug-likeness (QED) is 0.0262. The monoisotopic (exact) mass is 1000 g/mol. The summed E-state index contributed by atoms with van der Waals surface area (Å²) in [6.07, 6.45) is 89.2. The van der Waals surface area contributed by atoms with Gasteiger partial charge in [0, 0.05) is 19.3 Å². The van der Waals surface area contributed by atoms with Crippen molar-refractivity contribution >= 4 is 17.9 Å². The first kappa shape index (κ1) is 67.5. The molecule has 6 nitrogen and oxygen atoms in total. The van der Waals surface area contributed by atoms with Crippen molar-refractivity contribution in [2.24, 2.45) is 0 Å². The second-order valence-electron chi connectivity index (χ2n) is 17.7. The number of rotatable bonds is 48. The molecule has 0 rings (SSSR count). The van der Waals surface area contributed by atoms with Gasteiger partial charge in [-0.1, -0.05) is 235 Å². The van der Waals surface area contributed by atoms with E-state index in [2.05, 4.69) is 179 Å². The lowest BCUT2D eigenvalue weighted by Gasteiger charge is -2.18. The summed E-state index contributed by atoms with van der Waals surface area (Å²) >= 11 is 0. The fourth-order valence-corrected chi connectivity index (χ4v) is 6.80. The Hall–Kier alpha value is -5.49. The zero-order chi connectivity index (χ0) is 52.9. The number of allylic oxidation sites excluding steroid dienone is 30. The second-order valence-corrected chi connectivity index (χ2v) is 17.7. The van der Waals surface area contributed by atoms with Crippen LogP contribution in [0.15, 0.2) is 182 Å². The van der Waals surface area contributed by atoms with Crippen LogP contribution in [0.1, 0.15) is 201 Å². The van der Waals surface area contributed by atoms with Gasteiger partial charge in [0.05, 0.1) is 0 Å². The fourth-order valence-electron chi connectivity index (χ4n) is 6.80. The van der Waals surface area contributed by atoms with E-state index >= 15 is 0 Å². The van der Waals surface area contributed by atoms with Crippen molar-refractivity contribution in [1.29, 1.82) is 0 Å². The van der Waals surface area contributed by atoms with Crippen LogP contribution in [-0.4, -0.2) is 37.2 Å². The summed E-state index contributed by atoms with van der Waals surface area (Å²) in [6, 6.07) is 0. The van der Waals surface area contributed by atoms with Crippen LogP contribution in [-0.2, 0) is 28.6 Å². The van der Waals surface area contributed by atoms with Gasteiger partial charge in [-0.15, -0.1) is 0 Å². The third kappa shape index (κ3) is 57.3. The first-order valence-corrected chi connectivity index (χ1v) is 28.3. The zero-order valence-corrected chi connectivity index (χ0v) is 46.1. The van der Waals surface area contributed by atoms with E-state index in [1.54, 1.807) is 0 Å². The molecule has 73 heavy (non-hydrogen) atoms. The number of ether oxygens (including phenoxy) is 3. The molecule has 0 aromatic carbocycles. The zero-order valence-electron chi connectivity index (χ0n) is 46.1. The molecular formula is C67H100O6. The van der Waals surface area contributed by atoms with Gasteiger partial charge in [-0.3, -0.25) is 14.4 Å². The lowest BCUT2D eigenvalue weighted by Crippen LogP contribution is -2.30. The summed E-state index contributed by atoms with van der Waals surface area (Å²) in [5.41, 5.74) is 0. The van der Waals surface area contributed by atoms with Gasteiger partial charge in [-0.2, -0.15) is 0 Å². The molecule has 0 aliphatic heterocycles. The average Bonchev–Trinajstić information content (AvgIpc) is 3.39. The van der Waals surface area contributed by atoms with Gasteiger partial charge in [0.2, 0.25) is 0 Å². The van der Waals surface area contributed by atoms with Crippen LogP contribution in [0.25, 0.3) is 0 Å². The van der Waals surface area contributed by atoms with Crippen molar-refractivity contribution in [3.63, 3.8) is 0 Å². The SMILES string of the molecule is CC/C=C\C/C=C\C/C=C\C/C=C\C/C=C\C/C=C\C/C=C\CCCCCCCCCC(=O)OCC(COC(=O)CC/C=C\C/C=C\C/C=C\C/C=C\CC)OC(=O)CC/C=C\C/C=C\C/C=C\C/C=C\CC. The standard InChI is InChI=1S/C67H100O6/c1-4-7-10-13-16-19-22-25-26-27-28-29-30-31-32-33-34-35-36-37-38-39-40-43-45-48-51-54-57-60-66(69)72-63-64(73-67(70)61-58-55-52-49-46-42-24-21-18-15-12-9-6-3)62-71-65(68)59-56-53-50-47-44-41-23-20-17-14-11-8-5-2/h7-12,16-21,25-26,28-29,31-32,34-35,37-38,41-42,44,46,50,52-53,55,64H,4-6,13-15,22-24,27,30,33,36,39-40,43,45,47-49,51,54,56-63H2,1-3H3/b10-7-,11-8-,12-9-,19-16-,20-17-,21-18-,26-25-,29-28-,32-31-,35-34-,38-37-,44-41-,46-42-,53-50-,55-52-. The highest BCUT2D eigenvalue weighted by Gasteiger charge is 2.19. The highest BCUT2D eigenvalue weighted by atomic mass is 16.6. The topological polar surface area (TPSA) is 78.9 Å². The average molecular weight is 1000 g/mol. The number of unbranched alkanes of at least 4 members (excludes halogenated alkanes) is 7. The summed E-state index contributed by atoms with van der Waals surface area (Å²) < 4.78 is 16.7. The maximum Gasteiger partial charge on any atom is 0.306 e. The lowest BCUT2D eigenvalue weighted by atomic mass is 10.1. The lowest BCUT2D eigenvalue weighted by molar-refractivity contribution is -0.166. The van der Waals surface area contributed by atoms with Crippen LogP contribution in [0.3, 0.4) is 0 Å². The van der Waals surface area contributed by atoms with Crippen molar-refractivity contribution < 1.29 is 28.6 Å². The number of carbonyl (C=O) groups excluding carboxylic acids is 3. The minimum atomic E-state index is -0.860. The molecule has 0 aromatic heterocycles. The van der Waals surface area contributed by atoms with Gasteiger partial charge in [-0.05, 0) is 128 Å². The van der Waals surface area contributed by atoms with Crippen LogP contribution in [0.4, 0.5) is 0 Å². The predicted octanol–water partition coefficient (Wildman–Crippen LogP) is 19.3. The molecule has 0 fully saturated rings. The van der Waals surface area contributed by atoms with Crippen molar-refractivity contribution in [1.82, 2.24) is 0 Å². The van der Waals surface area contributed by atoms with E-state index in [1.807, 2.05) is 24.3 Å². The minimum absolute atomic E-state index is 0.144.